The first-order valence-electron chi connectivity index (χ1n) is 11.6. The van der Waals surface area contributed by atoms with Crippen molar-refractivity contribution in [3.63, 3.8) is 0 Å². The molecular weight excluding hydrogens is 542 g/mol. The second kappa shape index (κ2) is 10.3. The fraction of sp³-hybridized carbons (Fsp3) is 0.107. The van der Waals surface area contributed by atoms with Crippen LogP contribution in [0.5, 0.6) is 11.5 Å². The zero-order valence-corrected chi connectivity index (χ0v) is 22.3. The van der Waals surface area contributed by atoms with Crippen LogP contribution in [0, 0.1) is 0 Å². The first-order chi connectivity index (χ1) is 18.7. The van der Waals surface area contributed by atoms with E-state index in [1.165, 1.54) is 25.2 Å². The van der Waals surface area contributed by atoms with E-state index < -0.39 is 23.6 Å². The minimum absolute atomic E-state index is 0.0718. The molecule has 0 saturated carbocycles. The van der Waals surface area contributed by atoms with Crippen LogP contribution in [0.15, 0.2) is 66.2 Å². The summed E-state index contributed by atoms with van der Waals surface area (Å²) in [5.74, 6) is -1.53. The van der Waals surface area contributed by atoms with Crippen molar-refractivity contribution in [1.82, 2.24) is 10.2 Å². The number of hydrogen-bond donors (Lipinski definition) is 1. The van der Waals surface area contributed by atoms with E-state index in [4.69, 9.17) is 33.3 Å². The number of nitrogens with one attached hydrogen (secondary N) is 1. The SMILES string of the molecule is COc1cc(OC)c(CN2C(=O)c3ccccc3C2=O)cc1C=C1C(=O)NC(=S)N(c2ccc(Cl)cc2)C1=O. The summed E-state index contributed by atoms with van der Waals surface area (Å²) in [5.41, 5.74) is 1.68. The monoisotopic (exact) mass is 561 g/mol. The Bertz CT molecular complexity index is 1570. The maximum atomic E-state index is 13.4. The number of rotatable bonds is 6. The van der Waals surface area contributed by atoms with E-state index in [9.17, 15) is 19.2 Å². The highest BCUT2D eigenvalue weighted by atomic mass is 35.5. The fourth-order valence-corrected chi connectivity index (χ4v) is 4.83. The van der Waals surface area contributed by atoms with Crippen LogP contribution in [0.2, 0.25) is 5.02 Å². The van der Waals surface area contributed by atoms with E-state index in [1.54, 1.807) is 60.7 Å². The Balaban J connectivity index is 1.54. The van der Waals surface area contributed by atoms with Crippen molar-refractivity contribution in [3.05, 3.63) is 93.5 Å². The first-order valence-corrected chi connectivity index (χ1v) is 12.4. The molecule has 1 N–H and O–H groups in total. The molecule has 4 amide bonds. The molecule has 39 heavy (non-hydrogen) atoms. The summed E-state index contributed by atoms with van der Waals surface area (Å²) in [4.78, 5) is 54.5. The van der Waals surface area contributed by atoms with E-state index in [0.29, 0.717) is 44.5 Å². The molecule has 3 aromatic carbocycles. The zero-order chi connectivity index (χ0) is 27.8. The molecule has 0 unspecified atom stereocenters. The Morgan fingerprint density at radius 1 is 0.872 bits per heavy atom. The number of methoxy groups -OCH3 is 2. The molecule has 2 heterocycles. The predicted octanol–water partition coefficient (Wildman–Crippen LogP) is 3.98. The molecule has 0 aromatic heterocycles. The van der Waals surface area contributed by atoms with Crippen LogP contribution in [0.4, 0.5) is 5.69 Å². The van der Waals surface area contributed by atoms with Crippen LogP contribution < -0.4 is 19.7 Å². The van der Waals surface area contributed by atoms with Gasteiger partial charge < -0.3 is 9.47 Å². The third kappa shape index (κ3) is 4.64. The van der Waals surface area contributed by atoms with Gasteiger partial charge in [0, 0.05) is 22.2 Å². The highest BCUT2D eigenvalue weighted by molar-refractivity contribution is 7.80. The summed E-state index contributed by atoms with van der Waals surface area (Å²) < 4.78 is 11.0. The second-order valence-corrected chi connectivity index (χ2v) is 9.41. The van der Waals surface area contributed by atoms with Gasteiger partial charge in [-0.1, -0.05) is 23.7 Å². The number of benzene rings is 3. The molecule has 0 spiro atoms. The number of nitrogens with zero attached hydrogens (tertiary/aromatic N) is 2. The van der Waals surface area contributed by atoms with Crippen LogP contribution in [0.3, 0.4) is 0 Å². The van der Waals surface area contributed by atoms with Gasteiger partial charge in [-0.3, -0.25) is 34.3 Å². The molecule has 0 bridgehead atoms. The van der Waals surface area contributed by atoms with E-state index in [1.807, 2.05) is 0 Å². The average Bonchev–Trinajstić information content (AvgIpc) is 3.17. The highest BCUT2D eigenvalue weighted by Crippen LogP contribution is 2.34. The third-order valence-corrected chi connectivity index (χ3v) is 6.86. The quantitative estimate of drug-likeness (QED) is 0.210. The number of carbonyl (C=O) groups is 4. The van der Waals surface area contributed by atoms with Crippen molar-refractivity contribution in [1.29, 1.82) is 0 Å². The summed E-state index contributed by atoms with van der Waals surface area (Å²) in [6.45, 7) is -0.100. The number of ether oxygens (including phenoxy) is 2. The molecule has 0 aliphatic carbocycles. The maximum absolute atomic E-state index is 13.4. The van der Waals surface area contributed by atoms with E-state index >= 15 is 0 Å². The number of thiocarbonyl (C=S) groups is 1. The lowest BCUT2D eigenvalue weighted by Crippen LogP contribution is -2.54. The zero-order valence-electron chi connectivity index (χ0n) is 20.7. The lowest BCUT2D eigenvalue weighted by Gasteiger charge is -2.29. The first kappa shape index (κ1) is 26.1. The lowest BCUT2D eigenvalue weighted by atomic mass is 10.0. The molecule has 0 radical (unpaired) electrons. The van der Waals surface area contributed by atoms with E-state index in [2.05, 4.69) is 5.32 Å². The lowest BCUT2D eigenvalue weighted by molar-refractivity contribution is -0.122. The van der Waals surface area contributed by atoms with Gasteiger partial charge in [0.2, 0.25) is 0 Å². The van der Waals surface area contributed by atoms with Gasteiger partial charge in [-0.25, -0.2) is 0 Å². The van der Waals surface area contributed by atoms with Crippen molar-refractivity contribution in [2.45, 2.75) is 6.54 Å². The van der Waals surface area contributed by atoms with Gasteiger partial charge in [0.05, 0.1) is 37.6 Å². The van der Waals surface area contributed by atoms with Crippen molar-refractivity contribution >= 4 is 64.3 Å². The number of imide groups is 1. The van der Waals surface area contributed by atoms with Crippen LogP contribution in [0.25, 0.3) is 6.08 Å². The minimum atomic E-state index is -0.685. The summed E-state index contributed by atoms with van der Waals surface area (Å²) in [7, 11) is 2.88. The second-order valence-electron chi connectivity index (χ2n) is 8.58. The maximum Gasteiger partial charge on any atom is 0.270 e. The van der Waals surface area contributed by atoms with Gasteiger partial charge in [0.1, 0.15) is 17.1 Å². The molecular formula is C28H20ClN3O6S. The molecule has 5 rings (SSSR count). The molecule has 3 aromatic rings. The fourth-order valence-electron chi connectivity index (χ4n) is 4.42. The smallest absolute Gasteiger partial charge is 0.270 e. The Morgan fingerprint density at radius 2 is 1.49 bits per heavy atom. The number of carbonyl (C=O) groups excluding carboxylic acids is 4. The standard InChI is InChI=1S/C28H20ClN3O6S/c1-37-22-13-23(38-2)16(14-31-25(34)19-5-3-4-6-20(19)26(31)35)11-15(22)12-21-24(33)30-28(39)32(27(21)36)18-9-7-17(29)8-10-18/h3-13H,14H2,1-2H3,(H,30,33,39). The van der Waals surface area contributed by atoms with Gasteiger partial charge in [-0.2, -0.15) is 0 Å². The molecule has 2 aliphatic rings. The molecule has 2 aliphatic heterocycles. The summed E-state index contributed by atoms with van der Waals surface area (Å²) in [6, 6.07) is 16.2. The van der Waals surface area contributed by atoms with Crippen molar-refractivity contribution in [3.8, 4) is 11.5 Å². The molecule has 1 fully saturated rings. The molecule has 11 heteroatoms. The minimum Gasteiger partial charge on any atom is -0.496 e. The Morgan fingerprint density at radius 3 is 2.08 bits per heavy atom. The van der Waals surface area contributed by atoms with Crippen LogP contribution in [0.1, 0.15) is 31.8 Å². The number of hydrogen-bond acceptors (Lipinski definition) is 7. The Hall–Kier alpha value is -4.54. The van der Waals surface area contributed by atoms with Crippen LogP contribution in [-0.2, 0) is 16.1 Å². The number of halogens is 1. The number of amides is 4. The number of fused-ring (bicyclic) bond motifs is 1. The predicted molar refractivity (Wildman–Crippen MR) is 148 cm³/mol. The Kier molecular flexibility index (Phi) is 6.90. The van der Waals surface area contributed by atoms with Crippen molar-refractivity contribution in [2.75, 3.05) is 19.1 Å². The largest absolute Gasteiger partial charge is 0.496 e. The van der Waals surface area contributed by atoms with Gasteiger partial charge >= 0.3 is 0 Å². The van der Waals surface area contributed by atoms with E-state index in [-0.39, 0.29) is 17.2 Å². The summed E-state index contributed by atoms with van der Waals surface area (Å²) >= 11 is 11.2. The summed E-state index contributed by atoms with van der Waals surface area (Å²) in [5, 5.41) is 2.93. The molecule has 0 atom stereocenters. The Labute approximate surface area is 233 Å². The highest BCUT2D eigenvalue weighted by Gasteiger charge is 2.37. The summed E-state index contributed by atoms with van der Waals surface area (Å²) in [6.07, 6.45) is 1.37. The van der Waals surface area contributed by atoms with E-state index in [0.717, 1.165) is 4.90 Å². The van der Waals surface area contributed by atoms with Gasteiger partial charge in [-0.05, 0) is 60.8 Å². The molecule has 9 nitrogen and oxygen atoms in total. The number of anilines is 1. The molecule has 1 saturated heterocycles. The average molecular weight is 562 g/mol. The van der Waals surface area contributed by atoms with Crippen LogP contribution >= 0.6 is 23.8 Å². The van der Waals surface area contributed by atoms with Gasteiger partial charge in [0.25, 0.3) is 23.6 Å². The molecule has 196 valence electrons. The van der Waals surface area contributed by atoms with Crippen LogP contribution in [-0.4, -0.2) is 47.9 Å². The van der Waals surface area contributed by atoms with Crippen molar-refractivity contribution in [2.24, 2.45) is 0 Å². The van der Waals surface area contributed by atoms with Gasteiger partial charge in [-0.15, -0.1) is 0 Å². The topological polar surface area (TPSA) is 105 Å². The normalized spacial score (nSPS) is 16.1. The van der Waals surface area contributed by atoms with Gasteiger partial charge in [0.15, 0.2) is 5.11 Å². The van der Waals surface area contributed by atoms with Crippen molar-refractivity contribution < 1.29 is 28.7 Å². The third-order valence-electron chi connectivity index (χ3n) is 6.33.